The molecule has 4 nitrogen and oxygen atoms in total. The second-order valence-corrected chi connectivity index (χ2v) is 4.81. The number of para-hydroxylation sites is 1. The van der Waals surface area contributed by atoms with Crippen LogP contribution < -0.4 is 5.32 Å². The first kappa shape index (κ1) is 13.1. The second-order valence-electron chi connectivity index (χ2n) is 4.81. The lowest BCUT2D eigenvalue weighted by Crippen LogP contribution is -2.00. The molecule has 21 heavy (non-hydrogen) atoms. The minimum Gasteiger partial charge on any atom is -0.481 e. The van der Waals surface area contributed by atoms with Gasteiger partial charge in [-0.05, 0) is 29.8 Å². The molecule has 0 saturated carbocycles. The fourth-order valence-corrected chi connectivity index (χ4v) is 2.19. The number of carboxylic acids is 1. The van der Waals surface area contributed by atoms with Gasteiger partial charge < -0.3 is 10.4 Å². The highest BCUT2D eigenvalue weighted by Crippen LogP contribution is 2.20. The summed E-state index contributed by atoms with van der Waals surface area (Å²) in [4.78, 5) is 15.0. The molecular formula is C17H14N2O2. The van der Waals surface area contributed by atoms with Crippen LogP contribution in [0.15, 0.2) is 60.8 Å². The van der Waals surface area contributed by atoms with Crippen molar-refractivity contribution >= 4 is 28.2 Å². The Kier molecular flexibility index (Phi) is 3.51. The summed E-state index contributed by atoms with van der Waals surface area (Å²) in [6.07, 6.45) is 1.82. The van der Waals surface area contributed by atoms with Crippen LogP contribution in [0.25, 0.3) is 10.9 Å². The zero-order valence-corrected chi connectivity index (χ0v) is 11.3. The summed E-state index contributed by atoms with van der Waals surface area (Å²) in [6.45, 7) is 0. The van der Waals surface area contributed by atoms with Gasteiger partial charge >= 0.3 is 5.97 Å². The number of anilines is 2. The number of benzene rings is 2. The Morgan fingerprint density at radius 2 is 1.81 bits per heavy atom. The van der Waals surface area contributed by atoms with Crippen LogP contribution in [0, 0.1) is 0 Å². The Hall–Kier alpha value is -2.88. The minimum absolute atomic E-state index is 0.0395. The number of carbonyl (C=O) groups is 1. The van der Waals surface area contributed by atoms with Crippen LogP contribution in [0.4, 0.5) is 11.4 Å². The SMILES string of the molecule is O=C(O)Cc1ccc(Nc2cnc3ccccc3c2)cc1. The Balaban J connectivity index is 1.79. The highest BCUT2D eigenvalue weighted by Gasteiger charge is 2.01. The molecule has 0 atom stereocenters. The fraction of sp³-hybridized carbons (Fsp3) is 0.0588. The van der Waals surface area contributed by atoms with Crippen LogP contribution >= 0.6 is 0 Å². The molecule has 1 heterocycles. The summed E-state index contributed by atoms with van der Waals surface area (Å²) in [5, 5.41) is 13.1. The van der Waals surface area contributed by atoms with E-state index in [1.54, 1.807) is 6.20 Å². The molecule has 104 valence electrons. The predicted molar refractivity (Wildman–Crippen MR) is 82.8 cm³/mol. The minimum atomic E-state index is -0.825. The van der Waals surface area contributed by atoms with Crippen molar-refractivity contribution < 1.29 is 9.90 Å². The van der Waals surface area contributed by atoms with Gasteiger partial charge in [0.15, 0.2) is 0 Å². The fourth-order valence-electron chi connectivity index (χ4n) is 2.19. The van der Waals surface area contributed by atoms with E-state index in [0.29, 0.717) is 0 Å². The van der Waals surface area contributed by atoms with E-state index >= 15 is 0 Å². The van der Waals surface area contributed by atoms with E-state index in [-0.39, 0.29) is 6.42 Å². The number of carboxylic acid groups (broad SMARTS) is 1. The Labute approximate surface area is 122 Å². The van der Waals surface area contributed by atoms with Crippen LogP contribution in [-0.2, 0) is 11.2 Å². The molecule has 0 unspecified atom stereocenters. The normalized spacial score (nSPS) is 10.5. The third-order valence-electron chi connectivity index (χ3n) is 3.19. The van der Waals surface area contributed by atoms with Crippen LogP contribution in [0.5, 0.6) is 0 Å². The van der Waals surface area contributed by atoms with Crippen LogP contribution in [0.2, 0.25) is 0 Å². The summed E-state index contributed by atoms with van der Waals surface area (Å²) in [7, 11) is 0. The number of nitrogens with one attached hydrogen (secondary N) is 1. The Morgan fingerprint density at radius 3 is 2.57 bits per heavy atom. The number of pyridine rings is 1. The van der Waals surface area contributed by atoms with Gasteiger partial charge in [0.1, 0.15) is 0 Å². The van der Waals surface area contributed by atoms with Gasteiger partial charge in [-0.3, -0.25) is 9.78 Å². The topological polar surface area (TPSA) is 62.2 Å². The van der Waals surface area contributed by atoms with Crippen LogP contribution in [0.1, 0.15) is 5.56 Å². The first-order chi connectivity index (χ1) is 10.2. The number of hydrogen-bond donors (Lipinski definition) is 2. The standard InChI is InChI=1S/C17H14N2O2/c20-17(21)9-12-5-7-14(8-6-12)19-15-10-13-3-1-2-4-16(13)18-11-15/h1-8,10-11,19H,9H2,(H,20,21). The summed E-state index contributed by atoms with van der Waals surface area (Å²) in [5.41, 5.74) is 3.55. The van der Waals surface area contributed by atoms with Crippen molar-refractivity contribution in [3.05, 3.63) is 66.4 Å². The maximum atomic E-state index is 10.6. The van der Waals surface area contributed by atoms with E-state index in [2.05, 4.69) is 10.3 Å². The molecule has 3 rings (SSSR count). The summed E-state index contributed by atoms with van der Waals surface area (Å²) < 4.78 is 0. The molecule has 2 aromatic carbocycles. The number of aliphatic carboxylic acids is 1. The summed E-state index contributed by atoms with van der Waals surface area (Å²) >= 11 is 0. The van der Waals surface area contributed by atoms with Crippen molar-refractivity contribution in [1.82, 2.24) is 4.98 Å². The van der Waals surface area contributed by atoms with Gasteiger partial charge in [-0.1, -0.05) is 30.3 Å². The predicted octanol–water partition coefficient (Wildman–Crippen LogP) is 3.61. The van der Waals surface area contributed by atoms with E-state index in [1.807, 2.05) is 54.6 Å². The molecule has 0 aliphatic carbocycles. The molecule has 0 aliphatic rings. The molecule has 0 fully saturated rings. The smallest absolute Gasteiger partial charge is 0.307 e. The molecule has 0 saturated heterocycles. The maximum absolute atomic E-state index is 10.6. The van der Waals surface area contributed by atoms with Gasteiger partial charge in [-0.2, -0.15) is 0 Å². The molecule has 0 radical (unpaired) electrons. The van der Waals surface area contributed by atoms with E-state index in [9.17, 15) is 4.79 Å². The molecule has 0 amide bonds. The van der Waals surface area contributed by atoms with Gasteiger partial charge in [0.25, 0.3) is 0 Å². The zero-order chi connectivity index (χ0) is 14.7. The summed E-state index contributed by atoms with van der Waals surface area (Å²) in [6, 6.07) is 17.3. The van der Waals surface area contributed by atoms with Crippen molar-refractivity contribution in [3.8, 4) is 0 Å². The van der Waals surface area contributed by atoms with Gasteiger partial charge in [0.2, 0.25) is 0 Å². The number of aromatic nitrogens is 1. The molecule has 0 bridgehead atoms. The van der Waals surface area contributed by atoms with Crippen LogP contribution in [-0.4, -0.2) is 16.1 Å². The Bertz CT molecular complexity index is 782. The molecular weight excluding hydrogens is 264 g/mol. The van der Waals surface area contributed by atoms with Gasteiger partial charge in [0, 0.05) is 11.1 Å². The van der Waals surface area contributed by atoms with Crippen molar-refractivity contribution in [1.29, 1.82) is 0 Å². The quantitative estimate of drug-likeness (QED) is 0.765. The van der Waals surface area contributed by atoms with Crippen molar-refractivity contribution in [3.63, 3.8) is 0 Å². The first-order valence-corrected chi connectivity index (χ1v) is 6.63. The Morgan fingerprint density at radius 1 is 1.05 bits per heavy atom. The lowest BCUT2D eigenvalue weighted by atomic mass is 10.1. The van der Waals surface area contributed by atoms with E-state index in [4.69, 9.17) is 5.11 Å². The van der Waals surface area contributed by atoms with E-state index in [0.717, 1.165) is 27.8 Å². The van der Waals surface area contributed by atoms with Gasteiger partial charge in [0.05, 0.1) is 23.8 Å². The zero-order valence-electron chi connectivity index (χ0n) is 11.3. The van der Waals surface area contributed by atoms with E-state index < -0.39 is 5.97 Å². The monoisotopic (exact) mass is 278 g/mol. The highest BCUT2D eigenvalue weighted by atomic mass is 16.4. The molecule has 4 heteroatoms. The molecule has 2 N–H and O–H groups in total. The molecule has 0 aliphatic heterocycles. The van der Waals surface area contributed by atoms with Crippen LogP contribution in [0.3, 0.4) is 0 Å². The molecule has 0 spiro atoms. The number of hydrogen-bond acceptors (Lipinski definition) is 3. The average molecular weight is 278 g/mol. The van der Waals surface area contributed by atoms with Gasteiger partial charge in [-0.15, -0.1) is 0 Å². The number of fused-ring (bicyclic) bond motifs is 1. The largest absolute Gasteiger partial charge is 0.481 e. The van der Waals surface area contributed by atoms with Crippen molar-refractivity contribution in [2.75, 3.05) is 5.32 Å². The van der Waals surface area contributed by atoms with Crippen molar-refractivity contribution in [2.45, 2.75) is 6.42 Å². The molecule has 1 aromatic heterocycles. The third-order valence-corrected chi connectivity index (χ3v) is 3.19. The second kappa shape index (κ2) is 5.63. The van der Waals surface area contributed by atoms with E-state index in [1.165, 1.54) is 0 Å². The average Bonchev–Trinajstić information content (AvgIpc) is 2.49. The van der Waals surface area contributed by atoms with Gasteiger partial charge in [-0.25, -0.2) is 0 Å². The third kappa shape index (κ3) is 3.17. The summed E-state index contributed by atoms with van der Waals surface area (Å²) in [5.74, 6) is -0.825. The lowest BCUT2D eigenvalue weighted by molar-refractivity contribution is -0.136. The number of rotatable bonds is 4. The lowest BCUT2D eigenvalue weighted by Gasteiger charge is -2.08. The highest BCUT2D eigenvalue weighted by molar-refractivity contribution is 5.82. The number of nitrogens with zero attached hydrogens (tertiary/aromatic N) is 1. The first-order valence-electron chi connectivity index (χ1n) is 6.63. The maximum Gasteiger partial charge on any atom is 0.307 e. The molecule has 3 aromatic rings. The van der Waals surface area contributed by atoms with Crippen molar-refractivity contribution in [2.24, 2.45) is 0 Å².